The largest absolute Gasteiger partial charge is 0.451 e. The molecule has 1 atom stereocenters. The van der Waals surface area contributed by atoms with Crippen molar-refractivity contribution in [1.82, 2.24) is 4.67 Å². The second-order valence-electron chi connectivity index (χ2n) is 3.30. The van der Waals surface area contributed by atoms with E-state index in [1.807, 2.05) is 0 Å². The van der Waals surface area contributed by atoms with Crippen LogP contribution in [0.25, 0.3) is 0 Å². The van der Waals surface area contributed by atoms with Gasteiger partial charge in [-0.05, 0) is 14.1 Å². The van der Waals surface area contributed by atoms with Gasteiger partial charge >= 0.3 is 20.0 Å². The number of alkyl halides is 6. The molecule has 0 saturated heterocycles. The van der Waals surface area contributed by atoms with Gasteiger partial charge in [0.05, 0.1) is 0 Å². The summed E-state index contributed by atoms with van der Waals surface area (Å²) >= 11 is 0. The molecule has 0 spiro atoms. The number of amidine groups is 2. The summed E-state index contributed by atoms with van der Waals surface area (Å²) in [5.41, 5.74) is 0. The Hall–Kier alpha value is -0.960. The van der Waals surface area contributed by atoms with E-state index in [0.717, 1.165) is 14.1 Å². The molecule has 0 bridgehead atoms. The van der Waals surface area contributed by atoms with Crippen LogP contribution in [0.2, 0.25) is 0 Å². The maximum atomic E-state index is 13.9. The van der Waals surface area contributed by atoms with Crippen molar-refractivity contribution in [2.24, 2.45) is 14.5 Å². The van der Waals surface area contributed by atoms with Gasteiger partial charge in [0, 0.05) is 0 Å². The van der Waals surface area contributed by atoms with Gasteiger partial charge in [0.2, 0.25) is 11.7 Å². The Labute approximate surface area is 96.5 Å². The van der Waals surface area contributed by atoms with Crippen LogP contribution in [0.3, 0.4) is 0 Å². The topological polar surface area (TPSA) is 40.3 Å². The van der Waals surface area contributed by atoms with Crippen LogP contribution < -0.4 is 0 Å². The molecule has 0 radical (unpaired) electrons. The van der Waals surface area contributed by atoms with E-state index in [9.17, 15) is 30.5 Å². The number of hydrogen-bond acceptors (Lipinski definition) is 4. The Bertz CT molecular complexity index is 443. The number of rotatable bonds is 1. The predicted octanol–water partition coefficient (Wildman–Crippen LogP) is 3.40. The number of halogens is 7. The zero-order chi connectivity index (χ0) is 14.4. The van der Waals surface area contributed by atoms with E-state index in [1.165, 1.54) is 0 Å². The number of nitrogens with zero attached hydrogens (tertiary/aromatic N) is 4. The van der Waals surface area contributed by atoms with Crippen molar-refractivity contribution in [3.8, 4) is 0 Å². The fourth-order valence-corrected chi connectivity index (χ4v) is 2.03. The molecule has 0 amide bonds. The van der Waals surface area contributed by atoms with E-state index in [0.29, 0.717) is 4.67 Å². The minimum Gasteiger partial charge on any atom is -0.232 e. The van der Waals surface area contributed by atoms with Crippen LogP contribution in [0.4, 0.5) is 30.5 Å². The molecule has 104 valence electrons. The van der Waals surface area contributed by atoms with E-state index < -0.39 is 31.7 Å². The summed E-state index contributed by atoms with van der Waals surface area (Å²) in [7, 11) is -2.89. The highest BCUT2D eigenvalue weighted by atomic mass is 31.2. The maximum absolute atomic E-state index is 13.9. The van der Waals surface area contributed by atoms with Gasteiger partial charge in [0.25, 0.3) is 0 Å². The lowest BCUT2D eigenvalue weighted by Crippen LogP contribution is -2.30. The molecule has 1 aliphatic heterocycles. The van der Waals surface area contributed by atoms with Crippen molar-refractivity contribution in [2.75, 3.05) is 14.1 Å². The van der Waals surface area contributed by atoms with E-state index in [2.05, 4.69) is 14.5 Å². The summed E-state index contributed by atoms with van der Waals surface area (Å²) in [6.07, 6.45) is -10.6. The molecule has 1 heterocycles. The minimum atomic E-state index is -5.28. The van der Waals surface area contributed by atoms with E-state index in [4.69, 9.17) is 0 Å². The van der Waals surface area contributed by atoms with Crippen LogP contribution in [0.1, 0.15) is 0 Å². The summed E-state index contributed by atoms with van der Waals surface area (Å²) in [6.45, 7) is 0. The standard InChI is InChI=1S/C6H6F7N4P/c1-17(2)18(13)15-3(5(7,8)9)14-4(16-18)6(10,11)12/h1-2H3. The Morgan fingerprint density at radius 1 is 0.944 bits per heavy atom. The fourth-order valence-electron chi connectivity index (χ4n) is 0.827. The highest BCUT2D eigenvalue weighted by Gasteiger charge is 2.47. The van der Waals surface area contributed by atoms with E-state index in [-0.39, 0.29) is 0 Å². The number of hydrogen-bond donors (Lipinski definition) is 0. The lowest BCUT2D eigenvalue weighted by molar-refractivity contribution is -0.0634. The third kappa shape index (κ3) is 3.08. The molecule has 12 heteroatoms. The average Bonchev–Trinajstić information content (AvgIpc) is 2.13. The van der Waals surface area contributed by atoms with Gasteiger partial charge in [-0.25, -0.2) is 9.66 Å². The quantitative estimate of drug-likeness (QED) is 0.540. The minimum absolute atomic E-state index is 0.471. The Kier molecular flexibility index (Phi) is 3.61. The number of aliphatic imine (C=N–C) groups is 1. The Morgan fingerprint density at radius 3 is 1.72 bits per heavy atom. The predicted molar refractivity (Wildman–Crippen MR) is 51.1 cm³/mol. The van der Waals surface area contributed by atoms with Gasteiger partial charge in [-0.3, -0.25) is 0 Å². The zero-order valence-electron chi connectivity index (χ0n) is 8.88. The summed E-state index contributed by atoms with van der Waals surface area (Å²) in [5.74, 6) is -4.34. The van der Waals surface area contributed by atoms with Crippen molar-refractivity contribution < 1.29 is 30.5 Å². The van der Waals surface area contributed by atoms with Crippen LogP contribution in [-0.4, -0.2) is 42.8 Å². The summed E-state index contributed by atoms with van der Waals surface area (Å²) in [5, 5.41) is 0. The molecule has 0 fully saturated rings. The highest BCUT2D eigenvalue weighted by Crippen LogP contribution is 2.57. The summed E-state index contributed by atoms with van der Waals surface area (Å²) in [6, 6.07) is 0. The molecule has 0 N–H and O–H groups in total. The Balaban J connectivity index is 3.46. The van der Waals surface area contributed by atoms with Crippen LogP contribution in [0.15, 0.2) is 14.5 Å². The maximum Gasteiger partial charge on any atom is 0.451 e. The zero-order valence-corrected chi connectivity index (χ0v) is 9.78. The van der Waals surface area contributed by atoms with Gasteiger partial charge < -0.3 is 0 Å². The molecule has 1 aliphatic rings. The van der Waals surface area contributed by atoms with Crippen molar-refractivity contribution in [3.63, 3.8) is 0 Å². The third-order valence-electron chi connectivity index (χ3n) is 1.67. The molecule has 1 rings (SSSR count). The highest BCUT2D eigenvalue weighted by molar-refractivity contribution is 7.58. The fraction of sp³-hybridized carbons (Fsp3) is 0.667. The van der Waals surface area contributed by atoms with Gasteiger partial charge in [0.1, 0.15) is 0 Å². The summed E-state index contributed by atoms with van der Waals surface area (Å²) < 4.78 is 93.2. The second-order valence-corrected chi connectivity index (χ2v) is 5.49. The molecular formula is C6H6F7N4P. The van der Waals surface area contributed by atoms with Crippen molar-refractivity contribution in [3.05, 3.63) is 0 Å². The van der Waals surface area contributed by atoms with Crippen LogP contribution in [-0.2, 0) is 0 Å². The molecule has 0 aromatic rings. The van der Waals surface area contributed by atoms with Crippen LogP contribution in [0.5, 0.6) is 0 Å². The third-order valence-corrected chi connectivity index (χ3v) is 3.58. The van der Waals surface area contributed by atoms with Gasteiger partial charge in [-0.15, -0.1) is 0 Å². The van der Waals surface area contributed by atoms with Crippen LogP contribution in [0, 0.1) is 0 Å². The first-order chi connectivity index (χ1) is 7.86. The lowest BCUT2D eigenvalue weighted by Gasteiger charge is -2.23. The van der Waals surface area contributed by atoms with Crippen molar-refractivity contribution in [2.45, 2.75) is 12.4 Å². The second kappa shape index (κ2) is 4.30. The molecule has 18 heavy (non-hydrogen) atoms. The smallest absolute Gasteiger partial charge is 0.232 e. The van der Waals surface area contributed by atoms with Crippen molar-refractivity contribution in [1.29, 1.82) is 0 Å². The SMILES string of the molecule is CN(C)P1(F)=NC(C(F)(F)F)=NC(C(F)(F)F)=N1. The monoisotopic (exact) mass is 298 g/mol. The molecule has 0 aromatic heterocycles. The molecule has 0 saturated carbocycles. The van der Waals surface area contributed by atoms with Gasteiger partial charge in [0.15, 0.2) is 0 Å². The average molecular weight is 298 g/mol. The molecule has 0 aromatic carbocycles. The first-order valence-electron chi connectivity index (χ1n) is 4.19. The molecule has 1 unspecified atom stereocenters. The van der Waals surface area contributed by atoms with E-state index in [1.54, 1.807) is 0 Å². The first-order valence-corrected chi connectivity index (χ1v) is 5.73. The van der Waals surface area contributed by atoms with Crippen LogP contribution >= 0.6 is 7.67 Å². The lowest BCUT2D eigenvalue weighted by atomic mass is 10.5. The normalized spacial score (nSPS) is 25.7. The Morgan fingerprint density at radius 2 is 1.39 bits per heavy atom. The van der Waals surface area contributed by atoms with Gasteiger partial charge in [-0.1, -0.05) is 0 Å². The summed E-state index contributed by atoms with van der Waals surface area (Å²) in [4.78, 5) is 2.21. The molecule has 0 aliphatic carbocycles. The first kappa shape index (κ1) is 15.1. The molecule has 4 nitrogen and oxygen atoms in total. The van der Waals surface area contributed by atoms with Crippen molar-refractivity contribution >= 4 is 19.3 Å². The van der Waals surface area contributed by atoms with Gasteiger partial charge in [-0.2, -0.15) is 40.0 Å². The molecular weight excluding hydrogens is 292 g/mol. The van der Waals surface area contributed by atoms with E-state index >= 15 is 0 Å².